The van der Waals surface area contributed by atoms with Crippen molar-refractivity contribution < 1.29 is 32.9 Å². The van der Waals surface area contributed by atoms with Crippen molar-refractivity contribution in [3.05, 3.63) is 173 Å². The lowest BCUT2D eigenvalue weighted by molar-refractivity contribution is -0.236. The van der Waals surface area contributed by atoms with Crippen LogP contribution in [0, 0.1) is 6.92 Å². The Bertz CT molecular complexity index is 1860. The molecule has 1 saturated carbocycles. The van der Waals surface area contributed by atoms with Crippen LogP contribution in [-0.4, -0.2) is 38.9 Å². The SMILES string of the molecule is [3H][C@@]1(OS(=O)(=O)c2ccc(C)cc2)C[C@@H](OCc2ccccc2)[C@H](OCc2ccccc2)[C@@H](OCc2ccccc2)[C@@H]1OCc1ccccc1. The lowest BCUT2D eigenvalue weighted by atomic mass is 9.86. The zero-order chi connectivity index (χ0) is 34.8. The van der Waals surface area contributed by atoms with Crippen LogP contribution in [0.5, 0.6) is 0 Å². The standard InChI is InChI=1S/C41H42O7S/c1-31-22-24-36(25-23-31)49(42,43)48-38-26-37(44-27-32-14-6-2-7-15-32)39(45-28-33-16-8-3-9-17-33)41(47-30-35-20-12-5-13-21-35)40(38)46-29-34-18-10-4-11-19-34/h2-25,37-41H,26-30H2,1H3/t37-,38-,39+,40-,41-/m1/s1/i38T. The fourth-order valence-corrected chi connectivity index (χ4v) is 6.78. The van der Waals surface area contributed by atoms with E-state index >= 15 is 0 Å². The predicted molar refractivity (Wildman–Crippen MR) is 188 cm³/mol. The molecule has 0 saturated heterocycles. The van der Waals surface area contributed by atoms with Gasteiger partial charge in [-0.25, -0.2) is 0 Å². The fraction of sp³-hybridized carbons (Fsp3) is 0.268. The van der Waals surface area contributed by atoms with Crippen LogP contribution in [0.2, 0.25) is 0 Å². The summed E-state index contributed by atoms with van der Waals surface area (Å²) in [5, 5.41) is 0. The Labute approximate surface area is 290 Å². The van der Waals surface area contributed by atoms with Crippen molar-refractivity contribution in [2.75, 3.05) is 0 Å². The summed E-state index contributed by atoms with van der Waals surface area (Å²) in [5.74, 6) is 0. The molecule has 0 N–H and O–H groups in total. The van der Waals surface area contributed by atoms with E-state index in [0.717, 1.165) is 27.8 Å². The molecular weight excluding hydrogens is 637 g/mol. The van der Waals surface area contributed by atoms with Gasteiger partial charge >= 0.3 is 0 Å². The van der Waals surface area contributed by atoms with Gasteiger partial charge in [-0.15, -0.1) is 0 Å². The number of rotatable bonds is 15. The molecule has 5 aromatic rings. The van der Waals surface area contributed by atoms with Gasteiger partial charge in [-0.1, -0.05) is 139 Å². The first-order valence-corrected chi connectivity index (χ1v) is 17.8. The summed E-state index contributed by atoms with van der Waals surface area (Å²) in [5.41, 5.74) is 4.50. The lowest BCUT2D eigenvalue weighted by Crippen LogP contribution is -2.60. The Morgan fingerprint density at radius 2 is 0.918 bits per heavy atom. The first kappa shape index (κ1) is 33.4. The molecule has 0 aromatic heterocycles. The Kier molecular flexibility index (Phi) is 11.6. The highest BCUT2D eigenvalue weighted by Gasteiger charge is 2.50. The lowest BCUT2D eigenvalue weighted by Gasteiger charge is -2.45. The minimum atomic E-state index is -4.42. The first-order chi connectivity index (χ1) is 24.3. The van der Waals surface area contributed by atoms with Crippen molar-refractivity contribution in [2.24, 2.45) is 0 Å². The first-order valence-electron chi connectivity index (χ1n) is 16.9. The third-order valence-corrected chi connectivity index (χ3v) is 9.67. The summed E-state index contributed by atoms with van der Waals surface area (Å²) in [6, 6.07) is 45.0. The number of hydrogen-bond donors (Lipinski definition) is 0. The molecule has 0 spiro atoms. The second-order valence-corrected chi connectivity index (χ2v) is 13.6. The summed E-state index contributed by atoms with van der Waals surface area (Å²) in [6.45, 7) is 2.57. The summed E-state index contributed by atoms with van der Waals surface area (Å²) < 4.78 is 70.0. The average Bonchev–Trinajstić information content (AvgIpc) is 3.14. The highest BCUT2D eigenvalue weighted by molar-refractivity contribution is 7.86. The van der Waals surface area contributed by atoms with E-state index in [9.17, 15) is 9.79 Å². The van der Waals surface area contributed by atoms with Gasteiger partial charge in [0, 0.05) is 6.42 Å². The molecule has 1 fully saturated rings. The highest BCUT2D eigenvalue weighted by Crippen LogP contribution is 2.35. The van der Waals surface area contributed by atoms with Gasteiger partial charge < -0.3 is 18.9 Å². The Balaban J connectivity index is 1.40. The van der Waals surface area contributed by atoms with Crippen LogP contribution in [0.15, 0.2) is 150 Å². The van der Waals surface area contributed by atoms with Crippen molar-refractivity contribution in [1.82, 2.24) is 0 Å². The minimum Gasteiger partial charge on any atom is -0.371 e. The summed E-state index contributed by atoms with van der Waals surface area (Å²) in [6.07, 6.45) is -6.07. The van der Waals surface area contributed by atoms with Crippen molar-refractivity contribution in [2.45, 2.75) is 75.2 Å². The third kappa shape index (κ3) is 9.73. The molecule has 8 heteroatoms. The zero-order valence-electron chi connectivity index (χ0n) is 28.5. The van der Waals surface area contributed by atoms with Gasteiger partial charge in [0.15, 0.2) is 0 Å². The van der Waals surface area contributed by atoms with E-state index in [1.54, 1.807) is 12.1 Å². The van der Waals surface area contributed by atoms with Crippen LogP contribution >= 0.6 is 0 Å². The van der Waals surface area contributed by atoms with Crippen LogP contribution in [0.25, 0.3) is 0 Å². The van der Waals surface area contributed by atoms with E-state index in [4.69, 9.17) is 23.1 Å². The second kappa shape index (κ2) is 17.0. The van der Waals surface area contributed by atoms with Crippen molar-refractivity contribution >= 4 is 10.1 Å². The van der Waals surface area contributed by atoms with Gasteiger partial charge in [0.2, 0.25) is 0 Å². The molecule has 0 unspecified atom stereocenters. The molecule has 6 rings (SSSR count). The van der Waals surface area contributed by atoms with Gasteiger partial charge in [0.05, 0.1) is 38.8 Å². The van der Waals surface area contributed by atoms with Crippen molar-refractivity contribution in [3.8, 4) is 0 Å². The molecule has 0 radical (unpaired) electrons. The van der Waals surface area contributed by atoms with Crippen LogP contribution in [0.1, 0.15) is 35.6 Å². The maximum Gasteiger partial charge on any atom is 0.297 e. The number of hydrogen-bond acceptors (Lipinski definition) is 7. The normalized spacial score (nSPS) is 22.8. The van der Waals surface area contributed by atoms with E-state index in [1.165, 1.54) is 12.1 Å². The van der Waals surface area contributed by atoms with Gasteiger partial charge in [0.25, 0.3) is 10.1 Å². The van der Waals surface area contributed by atoms with E-state index in [0.29, 0.717) is 0 Å². The third-order valence-electron chi connectivity index (χ3n) is 8.38. The molecule has 0 heterocycles. The molecule has 5 atom stereocenters. The van der Waals surface area contributed by atoms with Crippen molar-refractivity contribution in [3.63, 3.8) is 0 Å². The van der Waals surface area contributed by atoms with Crippen LogP contribution in [-0.2, 0) is 59.7 Å². The fourth-order valence-electron chi connectivity index (χ4n) is 5.77. The van der Waals surface area contributed by atoms with Crippen LogP contribution < -0.4 is 0 Å². The van der Waals surface area contributed by atoms with Crippen LogP contribution in [0.3, 0.4) is 0 Å². The molecule has 254 valence electrons. The van der Waals surface area contributed by atoms with Crippen LogP contribution in [0.4, 0.5) is 0 Å². The summed E-state index contributed by atoms with van der Waals surface area (Å²) >= 11 is 0. The molecule has 5 aromatic carbocycles. The maximum atomic E-state index is 13.9. The van der Waals surface area contributed by atoms with Gasteiger partial charge in [-0.05, 0) is 41.3 Å². The predicted octanol–water partition coefficient (Wildman–Crippen LogP) is 7.81. The smallest absolute Gasteiger partial charge is 0.297 e. The molecule has 49 heavy (non-hydrogen) atoms. The molecular formula is C41H42O7S. The van der Waals surface area contributed by atoms with Gasteiger partial charge in [-0.3, -0.25) is 4.18 Å². The molecule has 0 bridgehead atoms. The zero-order valence-corrected chi connectivity index (χ0v) is 28.3. The number of aryl methyl sites for hydroxylation is 1. The highest BCUT2D eigenvalue weighted by atomic mass is 32.2. The molecule has 0 aliphatic heterocycles. The second-order valence-electron chi connectivity index (χ2n) is 12.1. The van der Waals surface area contributed by atoms with E-state index in [-0.39, 0.29) is 37.7 Å². The number of benzene rings is 5. The van der Waals surface area contributed by atoms with E-state index in [1.807, 2.05) is 128 Å². The summed E-state index contributed by atoms with van der Waals surface area (Å²) in [4.78, 5) is -0.0532. The number of ether oxygens (including phenoxy) is 4. The topological polar surface area (TPSA) is 80.3 Å². The van der Waals surface area contributed by atoms with Gasteiger partial charge in [-0.2, -0.15) is 8.42 Å². The quantitative estimate of drug-likeness (QED) is 0.104. The molecule has 0 amide bonds. The Morgan fingerprint density at radius 3 is 1.37 bits per heavy atom. The summed E-state index contributed by atoms with van der Waals surface area (Å²) in [7, 11) is -4.42. The minimum absolute atomic E-state index is 0.0532. The monoisotopic (exact) mass is 680 g/mol. The Morgan fingerprint density at radius 1 is 0.531 bits per heavy atom. The Hall–Kier alpha value is -4.15. The van der Waals surface area contributed by atoms with E-state index in [2.05, 4.69) is 0 Å². The average molecular weight is 681 g/mol. The molecule has 7 nitrogen and oxygen atoms in total. The van der Waals surface area contributed by atoms with Crippen molar-refractivity contribution in [1.29, 1.82) is 0 Å². The molecule has 1 aliphatic carbocycles. The molecule has 1 aliphatic rings. The van der Waals surface area contributed by atoms with E-state index < -0.39 is 40.6 Å². The largest absolute Gasteiger partial charge is 0.371 e. The maximum absolute atomic E-state index is 13.9. The van der Waals surface area contributed by atoms with Gasteiger partial charge in [0.1, 0.15) is 24.4 Å².